The van der Waals surface area contributed by atoms with Crippen LogP contribution in [0.4, 0.5) is 5.69 Å². The molecule has 2 aromatic carbocycles. The summed E-state index contributed by atoms with van der Waals surface area (Å²) in [5.41, 5.74) is 1.64. The maximum absolute atomic E-state index is 11.8. The molecule has 0 spiro atoms. The van der Waals surface area contributed by atoms with E-state index >= 15 is 0 Å². The van der Waals surface area contributed by atoms with Crippen molar-refractivity contribution in [2.24, 2.45) is 0 Å². The van der Waals surface area contributed by atoms with Crippen molar-refractivity contribution in [3.8, 4) is 0 Å². The minimum Gasteiger partial charge on any atom is -0.465 e. The molecule has 0 atom stereocenters. The predicted molar refractivity (Wildman–Crippen MR) is 97.7 cm³/mol. The minimum atomic E-state index is -0.901. The fourth-order valence-electron chi connectivity index (χ4n) is 2.11. The summed E-state index contributed by atoms with van der Waals surface area (Å²) >= 11 is 0. The lowest BCUT2D eigenvalue weighted by Gasteiger charge is -2.08. The van der Waals surface area contributed by atoms with E-state index in [9.17, 15) is 19.2 Å². The average molecular weight is 369 g/mol. The summed E-state index contributed by atoms with van der Waals surface area (Å²) in [4.78, 5) is 46.6. The van der Waals surface area contributed by atoms with Gasteiger partial charge in [-0.05, 0) is 29.8 Å². The number of amides is 3. The van der Waals surface area contributed by atoms with Crippen LogP contribution in [0, 0.1) is 0 Å². The molecule has 0 saturated carbocycles. The topological polar surface area (TPSA) is 114 Å². The average Bonchev–Trinajstić information content (AvgIpc) is 2.71. The number of carbonyl (C=O) groups is 4. The van der Waals surface area contributed by atoms with E-state index in [-0.39, 0.29) is 13.1 Å². The van der Waals surface area contributed by atoms with Gasteiger partial charge in [-0.25, -0.2) is 4.79 Å². The molecular weight excluding hydrogens is 350 g/mol. The number of rotatable bonds is 6. The molecule has 0 bridgehead atoms. The maximum Gasteiger partial charge on any atom is 0.337 e. The van der Waals surface area contributed by atoms with E-state index in [1.54, 1.807) is 0 Å². The smallest absolute Gasteiger partial charge is 0.337 e. The summed E-state index contributed by atoms with van der Waals surface area (Å²) in [6.07, 6.45) is 0. The van der Waals surface area contributed by atoms with Crippen molar-refractivity contribution in [1.82, 2.24) is 10.6 Å². The summed E-state index contributed by atoms with van der Waals surface area (Å²) in [5.74, 6) is -2.72. The van der Waals surface area contributed by atoms with Gasteiger partial charge < -0.3 is 20.7 Å². The molecule has 0 aromatic heterocycles. The molecule has 0 unspecified atom stereocenters. The molecule has 3 amide bonds. The highest BCUT2D eigenvalue weighted by atomic mass is 16.5. The van der Waals surface area contributed by atoms with Gasteiger partial charge in [-0.1, -0.05) is 30.3 Å². The van der Waals surface area contributed by atoms with Gasteiger partial charge in [-0.3, -0.25) is 14.4 Å². The third kappa shape index (κ3) is 6.28. The molecule has 8 heteroatoms. The van der Waals surface area contributed by atoms with E-state index in [1.165, 1.54) is 31.4 Å². The molecule has 0 aliphatic rings. The van der Waals surface area contributed by atoms with Crippen molar-refractivity contribution in [3.63, 3.8) is 0 Å². The number of nitrogens with one attached hydrogen (secondary N) is 3. The fourth-order valence-corrected chi connectivity index (χ4v) is 2.11. The largest absolute Gasteiger partial charge is 0.465 e. The summed E-state index contributed by atoms with van der Waals surface area (Å²) in [6, 6.07) is 15.2. The predicted octanol–water partition coefficient (Wildman–Crippen LogP) is 0.844. The van der Waals surface area contributed by atoms with E-state index in [0.717, 1.165) is 5.56 Å². The summed E-state index contributed by atoms with van der Waals surface area (Å²) < 4.78 is 4.58. The third-order valence-corrected chi connectivity index (χ3v) is 3.50. The molecule has 0 radical (unpaired) electrons. The van der Waals surface area contributed by atoms with Crippen LogP contribution in [0.1, 0.15) is 15.9 Å². The number of anilines is 1. The molecule has 8 nitrogen and oxygen atoms in total. The minimum absolute atomic E-state index is 0.214. The Hall–Kier alpha value is -3.68. The van der Waals surface area contributed by atoms with E-state index in [2.05, 4.69) is 20.7 Å². The highest BCUT2D eigenvalue weighted by molar-refractivity contribution is 6.35. The number of ether oxygens (including phenoxy) is 1. The molecule has 0 aliphatic carbocycles. The van der Waals surface area contributed by atoms with Crippen molar-refractivity contribution in [2.45, 2.75) is 6.54 Å². The molecule has 2 rings (SSSR count). The first-order valence-electron chi connectivity index (χ1n) is 8.08. The first-order chi connectivity index (χ1) is 13.0. The zero-order chi connectivity index (χ0) is 19.6. The lowest BCUT2D eigenvalue weighted by atomic mass is 10.2. The lowest BCUT2D eigenvalue weighted by molar-refractivity contribution is -0.139. The van der Waals surface area contributed by atoms with E-state index in [0.29, 0.717) is 11.3 Å². The van der Waals surface area contributed by atoms with Crippen LogP contribution in [0.5, 0.6) is 0 Å². The van der Waals surface area contributed by atoms with E-state index in [1.807, 2.05) is 30.3 Å². The first-order valence-corrected chi connectivity index (χ1v) is 8.08. The summed E-state index contributed by atoms with van der Waals surface area (Å²) in [6.45, 7) is -0.151. The molecule has 0 heterocycles. The number of hydrogen-bond donors (Lipinski definition) is 3. The van der Waals surface area contributed by atoms with Crippen LogP contribution < -0.4 is 16.0 Å². The lowest BCUT2D eigenvalue weighted by Crippen LogP contribution is -2.42. The van der Waals surface area contributed by atoms with Gasteiger partial charge in [-0.15, -0.1) is 0 Å². The third-order valence-electron chi connectivity index (χ3n) is 3.50. The second kappa shape index (κ2) is 9.71. The van der Waals surface area contributed by atoms with Crippen LogP contribution in [0.2, 0.25) is 0 Å². The van der Waals surface area contributed by atoms with Gasteiger partial charge in [0.15, 0.2) is 0 Å². The van der Waals surface area contributed by atoms with Gasteiger partial charge in [0, 0.05) is 12.2 Å². The second-order valence-corrected chi connectivity index (χ2v) is 5.47. The van der Waals surface area contributed by atoms with Crippen molar-refractivity contribution < 1.29 is 23.9 Å². The van der Waals surface area contributed by atoms with Crippen LogP contribution in [0.15, 0.2) is 54.6 Å². The number of carbonyl (C=O) groups excluding carboxylic acids is 4. The zero-order valence-electron chi connectivity index (χ0n) is 14.7. The Balaban J connectivity index is 1.74. The van der Waals surface area contributed by atoms with Crippen LogP contribution in [0.3, 0.4) is 0 Å². The Labute approximate surface area is 155 Å². The normalized spacial score (nSPS) is 9.81. The molecule has 27 heavy (non-hydrogen) atoms. The molecule has 3 N–H and O–H groups in total. The van der Waals surface area contributed by atoms with Crippen molar-refractivity contribution >= 4 is 29.4 Å². The molecule has 0 saturated heterocycles. The number of methoxy groups -OCH3 is 1. The Morgan fingerprint density at radius 2 is 1.48 bits per heavy atom. The van der Waals surface area contributed by atoms with E-state index in [4.69, 9.17) is 0 Å². The molecule has 140 valence electrons. The molecule has 0 aliphatic heterocycles. The highest BCUT2D eigenvalue weighted by Crippen LogP contribution is 2.10. The molecular formula is C19H19N3O5. The number of hydrogen-bond acceptors (Lipinski definition) is 5. The van der Waals surface area contributed by atoms with Gasteiger partial charge >= 0.3 is 17.8 Å². The monoisotopic (exact) mass is 369 g/mol. The fraction of sp³-hybridized carbons (Fsp3) is 0.158. The molecule has 0 fully saturated rings. The van der Waals surface area contributed by atoms with Gasteiger partial charge in [-0.2, -0.15) is 0 Å². The maximum atomic E-state index is 11.8. The van der Waals surface area contributed by atoms with Crippen LogP contribution in [0.25, 0.3) is 0 Å². The van der Waals surface area contributed by atoms with Crippen LogP contribution in [-0.2, 0) is 25.7 Å². The van der Waals surface area contributed by atoms with Gasteiger partial charge in [0.1, 0.15) is 0 Å². The highest BCUT2D eigenvalue weighted by Gasteiger charge is 2.14. The number of esters is 1. The number of benzene rings is 2. The standard InChI is InChI=1S/C19H19N3O5/c1-27-19(26)14-7-9-15(10-8-14)22-16(23)12-21-18(25)17(24)20-11-13-5-3-2-4-6-13/h2-10H,11-12H2,1H3,(H,20,24)(H,21,25)(H,22,23). The summed E-state index contributed by atoms with van der Waals surface area (Å²) in [7, 11) is 1.27. The first kappa shape index (κ1) is 19.6. The van der Waals surface area contributed by atoms with Gasteiger partial charge in [0.25, 0.3) is 0 Å². The van der Waals surface area contributed by atoms with Gasteiger partial charge in [0.2, 0.25) is 5.91 Å². The second-order valence-electron chi connectivity index (χ2n) is 5.47. The van der Waals surface area contributed by atoms with Crippen LogP contribution >= 0.6 is 0 Å². The summed E-state index contributed by atoms with van der Waals surface area (Å²) in [5, 5.41) is 7.25. The van der Waals surface area contributed by atoms with Crippen molar-refractivity contribution in [3.05, 3.63) is 65.7 Å². The SMILES string of the molecule is COC(=O)c1ccc(NC(=O)CNC(=O)C(=O)NCc2ccccc2)cc1. The van der Waals surface area contributed by atoms with Crippen LogP contribution in [-0.4, -0.2) is 37.3 Å². The quantitative estimate of drug-likeness (QED) is 0.516. The Morgan fingerprint density at radius 1 is 0.852 bits per heavy atom. The Bertz CT molecular complexity index is 819. The Kier molecular flexibility index (Phi) is 7.07. The Morgan fingerprint density at radius 3 is 2.11 bits per heavy atom. The van der Waals surface area contributed by atoms with Gasteiger partial charge in [0.05, 0.1) is 19.2 Å². The zero-order valence-corrected chi connectivity index (χ0v) is 14.7. The molecule has 2 aromatic rings. The van der Waals surface area contributed by atoms with Crippen molar-refractivity contribution in [1.29, 1.82) is 0 Å². The van der Waals surface area contributed by atoms with E-state index < -0.39 is 23.7 Å². The van der Waals surface area contributed by atoms with Crippen molar-refractivity contribution in [2.75, 3.05) is 19.0 Å².